The summed E-state index contributed by atoms with van der Waals surface area (Å²) in [5.41, 5.74) is 4.54. The van der Waals surface area contributed by atoms with Crippen LogP contribution >= 0.6 is 0 Å². The third-order valence-corrected chi connectivity index (χ3v) is 6.50. The minimum Gasteiger partial charge on any atom is -0.241 e. The van der Waals surface area contributed by atoms with Gasteiger partial charge in [-0.2, -0.15) is 5.10 Å². The Balaban J connectivity index is 1.38. The summed E-state index contributed by atoms with van der Waals surface area (Å²) in [6.07, 6.45) is 8.63. The van der Waals surface area contributed by atoms with Crippen molar-refractivity contribution in [3.05, 3.63) is 77.6 Å². The van der Waals surface area contributed by atoms with Gasteiger partial charge in [0.15, 0.2) is 0 Å². The van der Waals surface area contributed by atoms with Crippen LogP contribution in [0.3, 0.4) is 0 Å². The van der Waals surface area contributed by atoms with Crippen LogP contribution in [0.2, 0.25) is 0 Å². The Hall–Kier alpha value is -2.44. The van der Waals surface area contributed by atoms with E-state index in [9.17, 15) is 8.42 Å². The van der Waals surface area contributed by atoms with Crippen molar-refractivity contribution in [2.24, 2.45) is 0 Å². The van der Waals surface area contributed by atoms with E-state index >= 15 is 0 Å². The quantitative estimate of drug-likeness (QED) is 0.713. The average Bonchev–Trinajstić information content (AvgIpc) is 3.23. The summed E-state index contributed by atoms with van der Waals surface area (Å²) in [5, 5.41) is 4.20. The Morgan fingerprint density at radius 3 is 2.52 bits per heavy atom. The summed E-state index contributed by atoms with van der Waals surface area (Å²) in [6, 6.07) is 15.4. The maximum absolute atomic E-state index is 12.6. The standard InChI is InChI=1S/C21H23N3O2S/c25-27(26,21-11-8-18-4-1-2-5-19(18)16-21)23-14-12-17-6-9-20(10-7-17)24-15-3-13-22-24/h3,6-11,13,15-16,23H,1-2,4-5,12,14H2. The van der Waals surface area contributed by atoms with E-state index in [1.807, 2.05) is 48.7 Å². The lowest BCUT2D eigenvalue weighted by molar-refractivity contribution is 0.581. The van der Waals surface area contributed by atoms with Crippen LogP contribution in [-0.4, -0.2) is 24.7 Å². The van der Waals surface area contributed by atoms with Crippen LogP contribution in [0.25, 0.3) is 5.69 Å². The Morgan fingerprint density at radius 1 is 1.00 bits per heavy atom. The number of sulfonamides is 1. The Bertz CT molecular complexity index is 1010. The molecule has 6 heteroatoms. The molecule has 3 aromatic rings. The van der Waals surface area contributed by atoms with Gasteiger partial charge in [-0.3, -0.25) is 0 Å². The molecule has 1 aliphatic rings. The summed E-state index contributed by atoms with van der Waals surface area (Å²) < 4.78 is 29.7. The summed E-state index contributed by atoms with van der Waals surface area (Å²) in [4.78, 5) is 0.372. The van der Waals surface area contributed by atoms with E-state index in [1.165, 1.54) is 17.5 Å². The number of hydrogen-bond donors (Lipinski definition) is 1. The van der Waals surface area contributed by atoms with E-state index in [0.717, 1.165) is 30.5 Å². The summed E-state index contributed by atoms with van der Waals surface area (Å²) in [6.45, 7) is 0.376. The monoisotopic (exact) mass is 381 g/mol. The molecule has 0 amide bonds. The molecule has 0 unspecified atom stereocenters. The number of benzene rings is 2. The number of nitrogens with one attached hydrogen (secondary N) is 1. The molecule has 0 aliphatic heterocycles. The maximum Gasteiger partial charge on any atom is 0.240 e. The van der Waals surface area contributed by atoms with Gasteiger partial charge in [0.2, 0.25) is 10.0 Å². The highest BCUT2D eigenvalue weighted by molar-refractivity contribution is 7.89. The van der Waals surface area contributed by atoms with Crippen LogP contribution in [0.4, 0.5) is 0 Å². The number of aryl methyl sites for hydroxylation is 2. The molecule has 1 heterocycles. The predicted octanol–water partition coefficient (Wildman–Crippen LogP) is 3.27. The second-order valence-electron chi connectivity index (χ2n) is 6.90. The van der Waals surface area contributed by atoms with E-state index in [0.29, 0.717) is 17.9 Å². The molecule has 1 N–H and O–H groups in total. The lowest BCUT2D eigenvalue weighted by Crippen LogP contribution is -2.26. The lowest BCUT2D eigenvalue weighted by atomic mass is 9.92. The SMILES string of the molecule is O=S(=O)(NCCc1ccc(-n2cccn2)cc1)c1ccc2c(c1)CCCC2. The topological polar surface area (TPSA) is 64.0 Å². The number of nitrogens with zero attached hydrogens (tertiary/aromatic N) is 2. The van der Waals surface area contributed by atoms with Gasteiger partial charge in [-0.15, -0.1) is 0 Å². The fraction of sp³-hybridized carbons (Fsp3) is 0.286. The zero-order valence-electron chi connectivity index (χ0n) is 15.1. The molecule has 140 valence electrons. The van der Waals surface area contributed by atoms with E-state index in [4.69, 9.17) is 0 Å². The predicted molar refractivity (Wildman–Crippen MR) is 106 cm³/mol. The zero-order valence-corrected chi connectivity index (χ0v) is 16.0. The van der Waals surface area contributed by atoms with Crippen LogP contribution in [0.5, 0.6) is 0 Å². The molecule has 5 nitrogen and oxygen atoms in total. The zero-order chi connectivity index (χ0) is 18.7. The third-order valence-electron chi connectivity index (χ3n) is 5.04. The smallest absolute Gasteiger partial charge is 0.240 e. The first kappa shape index (κ1) is 17.9. The molecule has 2 aromatic carbocycles. The molecule has 0 bridgehead atoms. The van der Waals surface area contributed by atoms with Gasteiger partial charge in [0.1, 0.15) is 0 Å². The third kappa shape index (κ3) is 4.12. The molecule has 0 fully saturated rings. The summed E-state index contributed by atoms with van der Waals surface area (Å²) >= 11 is 0. The Morgan fingerprint density at radius 2 is 1.78 bits per heavy atom. The lowest BCUT2D eigenvalue weighted by Gasteiger charge is -2.16. The summed E-state index contributed by atoms with van der Waals surface area (Å²) in [5.74, 6) is 0. The van der Waals surface area contributed by atoms with Crippen molar-refractivity contribution >= 4 is 10.0 Å². The van der Waals surface area contributed by atoms with E-state index in [2.05, 4.69) is 9.82 Å². The van der Waals surface area contributed by atoms with Crippen molar-refractivity contribution in [1.82, 2.24) is 14.5 Å². The minimum absolute atomic E-state index is 0.372. The highest BCUT2D eigenvalue weighted by Gasteiger charge is 2.17. The van der Waals surface area contributed by atoms with Gasteiger partial charge < -0.3 is 0 Å². The van der Waals surface area contributed by atoms with Crippen molar-refractivity contribution in [2.45, 2.75) is 37.0 Å². The van der Waals surface area contributed by atoms with E-state index in [-0.39, 0.29) is 0 Å². The molecule has 1 aromatic heterocycles. The fourth-order valence-corrected chi connectivity index (χ4v) is 4.61. The van der Waals surface area contributed by atoms with Gasteiger partial charge in [-0.25, -0.2) is 17.8 Å². The van der Waals surface area contributed by atoms with Gasteiger partial charge in [-0.1, -0.05) is 18.2 Å². The van der Waals surface area contributed by atoms with Crippen LogP contribution < -0.4 is 4.72 Å². The van der Waals surface area contributed by atoms with Gasteiger partial charge in [0.05, 0.1) is 10.6 Å². The molecule has 4 rings (SSSR count). The fourth-order valence-electron chi connectivity index (χ4n) is 3.53. The van der Waals surface area contributed by atoms with Crippen molar-refractivity contribution in [3.8, 4) is 5.69 Å². The molecule has 0 radical (unpaired) electrons. The van der Waals surface area contributed by atoms with Crippen molar-refractivity contribution in [1.29, 1.82) is 0 Å². The number of fused-ring (bicyclic) bond motifs is 1. The molecular weight excluding hydrogens is 358 g/mol. The highest BCUT2D eigenvalue weighted by Crippen LogP contribution is 2.24. The van der Waals surface area contributed by atoms with Gasteiger partial charge in [-0.05, 0) is 79.1 Å². The van der Waals surface area contributed by atoms with Crippen molar-refractivity contribution < 1.29 is 8.42 Å². The van der Waals surface area contributed by atoms with Crippen LogP contribution in [0, 0.1) is 0 Å². The molecular formula is C21H23N3O2S. The number of hydrogen-bond acceptors (Lipinski definition) is 3. The molecule has 27 heavy (non-hydrogen) atoms. The van der Waals surface area contributed by atoms with Crippen LogP contribution in [0.15, 0.2) is 65.8 Å². The molecule has 1 aliphatic carbocycles. The van der Waals surface area contributed by atoms with E-state index in [1.54, 1.807) is 16.9 Å². The Kier molecular flexibility index (Phi) is 5.09. The maximum atomic E-state index is 12.6. The van der Waals surface area contributed by atoms with Crippen LogP contribution in [-0.2, 0) is 29.3 Å². The van der Waals surface area contributed by atoms with Crippen molar-refractivity contribution in [2.75, 3.05) is 6.54 Å². The normalized spacial score (nSPS) is 14.1. The first-order valence-corrected chi connectivity index (χ1v) is 10.8. The second kappa shape index (κ2) is 7.66. The molecule has 0 spiro atoms. The number of aromatic nitrogens is 2. The molecule has 0 atom stereocenters. The molecule has 0 saturated carbocycles. The van der Waals surface area contributed by atoms with Gasteiger partial charge >= 0.3 is 0 Å². The number of rotatable bonds is 6. The first-order chi connectivity index (χ1) is 13.1. The van der Waals surface area contributed by atoms with Crippen molar-refractivity contribution in [3.63, 3.8) is 0 Å². The van der Waals surface area contributed by atoms with E-state index < -0.39 is 10.0 Å². The second-order valence-corrected chi connectivity index (χ2v) is 8.67. The average molecular weight is 382 g/mol. The van der Waals surface area contributed by atoms with Gasteiger partial charge in [0, 0.05) is 18.9 Å². The van der Waals surface area contributed by atoms with Gasteiger partial charge in [0.25, 0.3) is 0 Å². The minimum atomic E-state index is -3.47. The Labute approximate surface area is 160 Å². The molecule has 0 saturated heterocycles. The highest BCUT2D eigenvalue weighted by atomic mass is 32.2. The van der Waals surface area contributed by atoms with Crippen LogP contribution in [0.1, 0.15) is 29.5 Å². The first-order valence-electron chi connectivity index (χ1n) is 9.32. The largest absolute Gasteiger partial charge is 0.241 e. The summed E-state index contributed by atoms with van der Waals surface area (Å²) in [7, 11) is -3.47.